The SMILES string of the molecule is CCCC[C@@H](O/C=C/C(=O)OCC)C(=O)O. The second-order valence-electron chi connectivity index (χ2n) is 3.16. The van der Waals surface area contributed by atoms with Gasteiger partial charge >= 0.3 is 11.9 Å². The van der Waals surface area contributed by atoms with Gasteiger partial charge in [0.05, 0.1) is 18.9 Å². The molecule has 0 heterocycles. The van der Waals surface area contributed by atoms with Crippen LogP contribution in [0.5, 0.6) is 0 Å². The summed E-state index contributed by atoms with van der Waals surface area (Å²) >= 11 is 0. The molecule has 0 radical (unpaired) electrons. The van der Waals surface area contributed by atoms with Crippen LogP contribution in [0.15, 0.2) is 12.3 Å². The van der Waals surface area contributed by atoms with E-state index in [0.29, 0.717) is 6.42 Å². The van der Waals surface area contributed by atoms with Crippen LogP contribution in [0.3, 0.4) is 0 Å². The summed E-state index contributed by atoms with van der Waals surface area (Å²) in [5, 5.41) is 8.79. The molecular weight excluding hydrogens is 212 g/mol. The molecule has 0 rings (SSSR count). The Morgan fingerprint density at radius 3 is 2.56 bits per heavy atom. The maximum Gasteiger partial charge on any atom is 0.344 e. The number of carbonyl (C=O) groups excluding carboxylic acids is 1. The monoisotopic (exact) mass is 230 g/mol. The topological polar surface area (TPSA) is 72.8 Å². The van der Waals surface area contributed by atoms with Crippen molar-refractivity contribution in [3.05, 3.63) is 12.3 Å². The van der Waals surface area contributed by atoms with Crippen molar-refractivity contribution in [2.24, 2.45) is 0 Å². The number of hydrogen-bond acceptors (Lipinski definition) is 4. The molecule has 0 aromatic rings. The highest BCUT2D eigenvalue weighted by molar-refractivity contribution is 5.81. The fourth-order valence-corrected chi connectivity index (χ4v) is 1.02. The van der Waals surface area contributed by atoms with Crippen LogP contribution in [-0.2, 0) is 19.1 Å². The van der Waals surface area contributed by atoms with Crippen molar-refractivity contribution in [1.82, 2.24) is 0 Å². The summed E-state index contributed by atoms with van der Waals surface area (Å²) in [4.78, 5) is 21.6. The van der Waals surface area contributed by atoms with Gasteiger partial charge in [0.2, 0.25) is 0 Å². The molecule has 1 N–H and O–H groups in total. The van der Waals surface area contributed by atoms with Gasteiger partial charge in [-0.3, -0.25) is 0 Å². The lowest BCUT2D eigenvalue weighted by Crippen LogP contribution is -2.21. The number of rotatable bonds is 8. The number of carbonyl (C=O) groups is 2. The standard InChI is InChI=1S/C11H18O5/c1-3-5-6-9(11(13)14)16-8-7-10(12)15-4-2/h7-9H,3-6H2,1-2H3,(H,13,14)/b8-7+/t9-/m1/s1. The summed E-state index contributed by atoms with van der Waals surface area (Å²) in [6.45, 7) is 3.93. The third-order valence-electron chi connectivity index (χ3n) is 1.83. The Bertz CT molecular complexity index is 247. The van der Waals surface area contributed by atoms with Gasteiger partial charge in [-0.2, -0.15) is 0 Å². The van der Waals surface area contributed by atoms with Crippen LogP contribution >= 0.6 is 0 Å². The molecule has 0 spiro atoms. The maximum absolute atomic E-state index is 10.9. The second kappa shape index (κ2) is 8.76. The Kier molecular flexibility index (Phi) is 7.93. The Morgan fingerprint density at radius 1 is 1.38 bits per heavy atom. The average molecular weight is 230 g/mol. The largest absolute Gasteiger partial charge is 0.486 e. The van der Waals surface area contributed by atoms with Crippen LogP contribution in [0.2, 0.25) is 0 Å². The first-order chi connectivity index (χ1) is 7.61. The van der Waals surface area contributed by atoms with Gasteiger partial charge in [-0.25, -0.2) is 9.59 Å². The highest BCUT2D eigenvalue weighted by Gasteiger charge is 2.16. The third kappa shape index (κ3) is 6.86. The Balaban J connectivity index is 4.00. The predicted molar refractivity (Wildman–Crippen MR) is 57.8 cm³/mol. The van der Waals surface area contributed by atoms with E-state index in [4.69, 9.17) is 9.84 Å². The Labute approximate surface area is 95.0 Å². The third-order valence-corrected chi connectivity index (χ3v) is 1.83. The van der Waals surface area contributed by atoms with Crippen LogP contribution in [0, 0.1) is 0 Å². The number of hydrogen-bond donors (Lipinski definition) is 1. The number of carboxylic acids is 1. The molecule has 0 aromatic carbocycles. The number of ether oxygens (including phenoxy) is 2. The molecule has 16 heavy (non-hydrogen) atoms. The lowest BCUT2D eigenvalue weighted by molar-refractivity contribution is -0.147. The van der Waals surface area contributed by atoms with E-state index in [9.17, 15) is 9.59 Å². The van der Waals surface area contributed by atoms with E-state index in [1.807, 2.05) is 6.92 Å². The Morgan fingerprint density at radius 2 is 2.06 bits per heavy atom. The highest BCUT2D eigenvalue weighted by Crippen LogP contribution is 2.05. The van der Waals surface area contributed by atoms with Gasteiger partial charge in [0.15, 0.2) is 6.10 Å². The summed E-state index contributed by atoms with van der Waals surface area (Å²) in [5.74, 6) is -1.57. The fourth-order valence-electron chi connectivity index (χ4n) is 1.02. The zero-order chi connectivity index (χ0) is 12.4. The lowest BCUT2D eigenvalue weighted by atomic mass is 10.2. The smallest absolute Gasteiger partial charge is 0.344 e. The highest BCUT2D eigenvalue weighted by atomic mass is 16.5. The number of unbranched alkanes of at least 4 members (excludes halogenated alkanes) is 1. The molecule has 5 heteroatoms. The van der Waals surface area contributed by atoms with E-state index in [2.05, 4.69) is 4.74 Å². The lowest BCUT2D eigenvalue weighted by Gasteiger charge is -2.10. The van der Waals surface area contributed by atoms with Crippen LogP contribution in [0.4, 0.5) is 0 Å². The summed E-state index contributed by atoms with van der Waals surface area (Å²) in [6.07, 6.45) is 3.35. The molecule has 0 amide bonds. The van der Waals surface area contributed by atoms with Crippen molar-refractivity contribution < 1.29 is 24.2 Å². The molecule has 5 nitrogen and oxygen atoms in total. The van der Waals surface area contributed by atoms with E-state index in [1.165, 1.54) is 0 Å². The maximum atomic E-state index is 10.9. The van der Waals surface area contributed by atoms with Crippen molar-refractivity contribution in [2.75, 3.05) is 6.61 Å². The normalized spacial score (nSPS) is 12.4. The first kappa shape index (κ1) is 14.5. The summed E-state index contributed by atoms with van der Waals surface area (Å²) < 4.78 is 9.55. The average Bonchev–Trinajstić information content (AvgIpc) is 2.23. The molecule has 92 valence electrons. The van der Waals surface area contributed by atoms with Crippen LogP contribution in [0.1, 0.15) is 33.1 Å². The van der Waals surface area contributed by atoms with Gasteiger partial charge in [-0.1, -0.05) is 13.3 Å². The van der Waals surface area contributed by atoms with E-state index in [-0.39, 0.29) is 6.61 Å². The fraction of sp³-hybridized carbons (Fsp3) is 0.636. The summed E-state index contributed by atoms with van der Waals surface area (Å²) in [7, 11) is 0. The van der Waals surface area contributed by atoms with E-state index in [0.717, 1.165) is 25.2 Å². The molecule has 0 aliphatic rings. The van der Waals surface area contributed by atoms with Gasteiger partial charge in [0, 0.05) is 0 Å². The van der Waals surface area contributed by atoms with Crippen molar-refractivity contribution in [3.63, 3.8) is 0 Å². The van der Waals surface area contributed by atoms with Crippen LogP contribution in [0.25, 0.3) is 0 Å². The predicted octanol–water partition coefficient (Wildman–Crippen LogP) is 1.72. The van der Waals surface area contributed by atoms with Crippen molar-refractivity contribution in [2.45, 2.75) is 39.2 Å². The quantitative estimate of drug-likeness (QED) is 0.390. The van der Waals surface area contributed by atoms with Crippen molar-refractivity contribution >= 4 is 11.9 Å². The molecule has 0 saturated carbocycles. The van der Waals surface area contributed by atoms with Crippen LogP contribution in [-0.4, -0.2) is 29.8 Å². The van der Waals surface area contributed by atoms with Crippen molar-refractivity contribution in [3.8, 4) is 0 Å². The number of aliphatic carboxylic acids is 1. The van der Waals surface area contributed by atoms with Gasteiger partial charge in [0.1, 0.15) is 0 Å². The molecule has 0 aliphatic heterocycles. The van der Waals surface area contributed by atoms with E-state index >= 15 is 0 Å². The molecule has 0 saturated heterocycles. The number of esters is 1. The minimum atomic E-state index is -1.03. The Hall–Kier alpha value is -1.52. The molecule has 0 unspecified atom stereocenters. The first-order valence-electron chi connectivity index (χ1n) is 5.33. The van der Waals surface area contributed by atoms with Gasteiger partial charge in [-0.05, 0) is 19.8 Å². The molecule has 0 fully saturated rings. The second-order valence-corrected chi connectivity index (χ2v) is 3.16. The molecule has 0 bridgehead atoms. The zero-order valence-electron chi connectivity index (χ0n) is 9.64. The van der Waals surface area contributed by atoms with E-state index in [1.54, 1.807) is 6.92 Å². The van der Waals surface area contributed by atoms with Crippen LogP contribution < -0.4 is 0 Å². The molecule has 0 aliphatic carbocycles. The first-order valence-corrected chi connectivity index (χ1v) is 5.33. The van der Waals surface area contributed by atoms with Gasteiger partial charge < -0.3 is 14.6 Å². The molecule has 0 aromatic heterocycles. The van der Waals surface area contributed by atoms with Crippen molar-refractivity contribution in [1.29, 1.82) is 0 Å². The molecule has 1 atom stereocenters. The summed E-state index contributed by atoms with van der Waals surface area (Å²) in [5.41, 5.74) is 0. The zero-order valence-corrected chi connectivity index (χ0v) is 9.64. The summed E-state index contributed by atoms with van der Waals surface area (Å²) in [6, 6.07) is 0. The van der Waals surface area contributed by atoms with Gasteiger partial charge in [0.25, 0.3) is 0 Å². The minimum absolute atomic E-state index is 0.279. The van der Waals surface area contributed by atoms with E-state index < -0.39 is 18.0 Å². The minimum Gasteiger partial charge on any atom is -0.486 e. The number of carboxylic acid groups (broad SMARTS) is 1. The molecular formula is C11H18O5. The van der Waals surface area contributed by atoms with Gasteiger partial charge in [-0.15, -0.1) is 0 Å².